The average Bonchev–Trinajstić information content (AvgIpc) is 3.32. The summed E-state index contributed by atoms with van der Waals surface area (Å²) in [6.45, 7) is 0. The second-order valence-electron chi connectivity index (χ2n) is 14.8. The van der Waals surface area contributed by atoms with Crippen LogP contribution in [0.5, 0.6) is 0 Å². The van der Waals surface area contributed by atoms with Gasteiger partial charge >= 0.3 is 0 Å². The molecular weight excluding hydrogens is 717 g/mol. The van der Waals surface area contributed by atoms with E-state index in [1.807, 2.05) is 12.1 Å². The largest absolute Gasteiger partial charge is 0.309 e. The maximum atomic E-state index is 5.27. The number of aromatic nitrogens is 3. The summed E-state index contributed by atoms with van der Waals surface area (Å²) < 4.78 is 0. The zero-order chi connectivity index (χ0) is 39.1. The maximum absolute atomic E-state index is 5.27. The van der Waals surface area contributed by atoms with Crippen molar-refractivity contribution in [1.82, 2.24) is 15.0 Å². The van der Waals surface area contributed by atoms with Crippen LogP contribution in [0.15, 0.2) is 218 Å². The topological polar surface area (TPSA) is 41.9 Å². The molecule has 1 aliphatic heterocycles. The molecule has 0 amide bonds. The van der Waals surface area contributed by atoms with Gasteiger partial charge in [0.2, 0.25) is 0 Å². The monoisotopic (exact) mass is 752 g/mol. The molecule has 1 aromatic heterocycles. The van der Waals surface area contributed by atoms with Gasteiger partial charge in [0.1, 0.15) is 0 Å². The number of para-hydroxylation sites is 1. The first kappa shape index (κ1) is 34.3. The van der Waals surface area contributed by atoms with Crippen LogP contribution in [-0.2, 0) is 0 Å². The Bertz CT molecular complexity index is 3010. The number of hydrogen-bond donors (Lipinski definition) is 0. The van der Waals surface area contributed by atoms with E-state index in [0.717, 1.165) is 55.7 Å². The number of anilines is 3. The molecule has 0 spiro atoms. The van der Waals surface area contributed by atoms with E-state index in [2.05, 4.69) is 211 Å². The van der Waals surface area contributed by atoms with E-state index >= 15 is 0 Å². The Morgan fingerprint density at radius 3 is 1.31 bits per heavy atom. The Morgan fingerprint density at radius 2 is 0.729 bits per heavy atom. The van der Waals surface area contributed by atoms with Crippen molar-refractivity contribution >= 4 is 27.8 Å². The van der Waals surface area contributed by atoms with Crippen molar-refractivity contribution in [3.8, 4) is 78.7 Å². The first-order valence-electron chi connectivity index (χ1n) is 19.9. The third-order valence-corrected chi connectivity index (χ3v) is 11.3. The Kier molecular flexibility index (Phi) is 8.45. The zero-order valence-electron chi connectivity index (χ0n) is 32.1. The lowest BCUT2D eigenvalue weighted by Gasteiger charge is -2.35. The Balaban J connectivity index is 1.12. The van der Waals surface area contributed by atoms with Gasteiger partial charge in [-0.25, -0.2) is 15.0 Å². The Morgan fingerprint density at radius 1 is 0.271 bits per heavy atom. The minimum atomic E-state index is 0.625. The second-order valence-corrected chi connectivity index (χ2v) is 14.8. The van der Waals surface area contributed by atoms with Crippen molar-refractivity contribution in [3.05, 3.63) is 218 Å². The van der Waals surface area contributed by atoms with Gasteiger partial charge in [0.05, 0.1) is 11.4 Å². The Labute approximate surface area is 343 Å². The molecule has 2 heterocycles. The molecule has 0 atom stereocenters. The van der Waals surface area contributed by atoms with Crippen LogP contribution in [0.1, 0.15) is 0 Å². The van der Waals surface area contributed by atoms with Gasteiger partial charge in [-0.15, -0.1) is 0 Å². The molecule has 0 radical (unpaired) electrons. The van der Waals surface area contributed by atoms with E-state index in [1.165, 1.54) is 33.4 Å². The summed E-state index contributed by atoms with van der Waals surface area (Å²) in [5.74, 6) is 1.88. The third-order valence-electron chi connectivity index (χ3n) is 11.3. The predicted molar refractivity (Wildman–Crippen MR) is 244 cm³/mol. The first-order valence-corrected chi connectivity index (χ1v) is 19.9. The second kappa shape index (κ2) is 14.5. The molecule has 10 aromatic rings. The van der Waals surface area contributed by atoms with Gasteiger partial charge in [-0.3, -0.25) is 0 Å². The van der Waals surface area contributed by atoms with E-state index in [0.29, 0.717) is 17.5 Å². The molecule has 0 saturated carbocycles. The third kappa shape index (κ3) is 6.15. The van der Waals surface area contributed by atoms with Gasteiger partial charge in [0, 0.05) is 33.3 Å². The zero-order valence-corrected chi connectivity index (χ0v) is 32.1. The highest BCUT2D eigenvalue weighted by Gasteiger charge is 2.29. The van der Waals surface area contributed by atoms with Gasteiger partial charge in [-0.05, 0) is 74.7 Å². The summed E-state index contributed by atoms with van der Waals surface area (Å²) in [5.41, 5.74) is 15.5. The van der Waals surface area contributed by atoms with Crippen LogP contribution in [0, 0.1) is 0 Å². The quantitative estimate of drug-likeness (QED) is 0.163. The molecule has 0 saturated heterocycles. The van der Waals surface area contributed by atoms with Crippen LogP contribution < -0.4 is 4.90 Å². The van der Waals surface area contributed by atoms with Crippen LogP contribution >= 0.6 is 0 Å². The van der Waals surface area contributed by atoms with Crippen LogP contribution in [0.25, 0.3) is 89.4 Å². The molecule has 0 aliphatic carbocycles. The summed E-state index contributed by atoms with van der Waals surface area (Å²) >= 11 is 0. The highest BCUT2D eigenvalue weighted by atomic mass is 15.2. The number of nitrogens with zero attached hydrogens (tertiary/aromatic N) is 4. The first-order chi connectivity index (χ1) is 29.3. The molecule has 276 valence electrons. The van der Waals surface area contributed by atoms with Crippen molar-refractivity contribution in [2.24, 2.45) is 0 Å². The molecule has 0 fully saturated rings. The van der Waals surface area contributed by atoms with Crippen molar-refractivity contribution in [1.29, 1.82) is 0 Å². The number of rotatable bonds is 7. The fraction of sp³-hybridized carbons (Fsp3) is 0. The normalized spacial score (nSPS) is 11.7. The van der Waals surface area contributed by atoms with Crippen molar-refractivity contribution in [2.45, 2.75) is 0 Å². The number of fused-ring (bicyclic) bond motifs is 2. The molecular formula is C55H36N4. The van der Waals surface area contributed by atoms with E-state index < -0.39 is 0 Å². The SMILES string of the molecule is c1ccc(-c2ccc(-c3nc(-c4ccc(-c5ccccc5)cc4)nc(-c4ccc5c6c(cccc46)-c4c(-c6ccccc6)cccc4N5c4ccccc4)n3)cc2)cc1. The van der Waals surface area contributed by atoms with Crippen molar-refractivity contribution < 1.29 is 0 Å². The average molecular weight is 753 g/mol. The highest BCUT2D eigenvalue weighted by molar-refractivity contribution is 6.19. The summed E-state index contributed by atoms with van der Waals surface area (Å²) in [4.78, 5) is 18.1. The number of benzene rings is 9. The van der Waals surface area contributed by atoms with Crippen LogP contribution in [-0.4, -0.2) is 15.0 Å². The molecule has 59 heavy (non-hydrogen) atoms. The van der Waals surface area contributed by atoms with Gasteiger partial charge in [0.15, 0.2) is 17.5 Å². The van der Waals surface area contributed by atoms with Crippen LogP contribution in [0.2, 0.25) is 0 Å². The molecule has 9 aromatic carbocycles. The smallest absolute Gasteiger partial charge is 0.164 e. The van der Waals surface area contributed by atoms with Gasteiger partial charge in [0.25, 0.3) is 0 Å². The lowest BCUT2D eigenvalue weighted by molar-refractivity contribution is 1.08. The standard InChI is InChI=1S/C55H36N4/c1-5-15-37(16-6-1)39-27-31-42(32-28-39)53-56-54(43-33-29-40(30-34-43)38-17-7-2-8-18-38)58-55(57-53)47-35-36-50-52-46(47)24-13-25-48(52)51-45(41-19-9-3-10-20-41)23-14-26-49(51)59(50)44-21-11-4-12-22-44/h1-36H. The van der Waals surface area contributed by atoms with Crippen LogP contribution in [0.3, 0.4) is 0 Å². The maximum Gasteiger partial charge on any atom is 0.164 e. The van der Waals surface area contributed by atoms with E-state index in [-0.39, 0.29) is 0 Å². The van der Waals surface area contributed by atoms with E-state index in [9.17, 15) is 0 Å². The summed E-state index contributed by atoms with van der Waals surface area (Å²) in [5, 5.41) is 2.24. The fourth-order valence-corrected chi connectivity index (χ4v) is 8.47. The molecule has 0 unspecified atom stereocenters. The van der Waals surface area contributed by atoms with Crippen molar-refractivity contribution in [3.63, 3.8) is 0 Å². The Hall–Kier alpha value is -7.95. The van der Waals surface area contributed by atoms with E-state index in [1.54, 1.807) is 0 Å². The molecule has 0 bridgehead atoms. The van der Waals surface area contributed by atoms with E-state index in [4.69, 9.17) is 15.0 Å². The fourth-order valence-electron chi connectivity index (χ4n) is 8.47. The minimum Gasteiger partial charge on any atom is -0.309 e. The van der Waals surface area contributed by atoms with Crippen molar-refractivity contribution in [2.75, 3.05) is 4.90 Å². The minimum absolute atomic E-state index is 0.625. The highest BCUT2D eigenvalue weighted by Crippen LogP contribution is 2.54. The summed E-state index contributed by atoms with van der Waals surface area (Å²) in [6.07, 6.45) is 0. The molecule has 11 rings (SSSR count). The summed E-state index contributed by atoms with van der Waals surface area (Å²) in [6, 6.07) is 76.9. The molecule has 1 aliphatic rings. The van der Waals surface area contributed by atoms with Gasteiger partial charge in [-0.2, -0.15) is 0 Å². The number of hydrogen-bond acceptors (Lipinski definition) is 4. The van der Waals surface area contributed by atoms with Gasteiger partial charge < -0.3 is 4.90 Å². The lowest BCUT2D eigenvalue weighted by atomic mass is 9.85. The molecule has 0 N–H and O–H groups in total. The summed E-state index contributed by atoms with van der Waals surface area (Å²) in [7, 11) is 0. The molecule has 4 heteroatoms. The lowest BCUT2D eigenvalue weighted by Crippen LogP contribution is -2.15. The van der Waals surface area contributed by atoms with Crippen LogP contribution in [0.4, 0.5) is 17.1 Å². The predicted octanol–water partition coefficient (Wildman–Crippen LogP) is 14.5. The van der Waals surface area contributed by atoms with Gasteiger partial charge in [-0.1, -0.05) is 188 Å². The molecule has 4 nitrogen and oxygen atoms in total.